The van der Waals surface area contributed by atoms with Crippen LogP contribution in [0.1, 0.15) is 36.8 Å². The third-order valence-corrected chi connectivity index (χ3v) is 5.59. The average molecular weight is 346 g/mol. The van der Waals surface area contributed by atoms with Gasteiger partial charge in [0.1, 0.15) is 0 Å². The van der Waals surface area contributed by atoms with Gasteiger partial charge in [-0.05, 0) is 74.4 Å². The van der Waals surface area contributed by atoms with E-state index in [9.17, 15) is 4.79 Å². The first-order chi connectivity index (χ1) is 12.2. The fourth-order valence-corrected chi connectivity index (χ4v) is 3.96. The summed E-state index contributed by atoms with van der Waals surface area (Å²) in [5.74, 6) is 2.56. The predicted octanol–water partition coefficient (Wildman–Crippen LogP) is 2.41. The minimum absolute atomic E-state index is 0.310. The Hall–Kier alpha value is -1.75. The van der Waals surface area contributed by atoms with Crippen molar-refractivity contribution in [1.29, 1.82) is 0 Å². The number of piperidine rings is 1. The lowest BCUT2D eigenvalue weighted by Gasteiger charge is -2.24. The number of methoxy groups -OCH3 is 2. The Morgan fingerprint density at radius 2 is 1.64 bits per heavy atom. The van der Waals surface area contributed by atoms with E-state index in [1.165, 1.54) is 24.0 Å². The molecule has 3 rings (SSSR count). The fourth-order valence-electron chi connectivity index (χ4n) is 3.96. The average Bonchev–Trinajstić information content (AvgIpc) is 2.87. The van der Waals surface area contributed by atoms with Gasteiger partial charge in [0.25, 0.3) is 0 Å². The zero-order chi connectivity index (χ0) is 17.6. The van der Waals surface area contributed by atoms with Gasteiger partial charge in [-0.2, -0.15) is 0 Å². The molecular weight excluding hydrogens is 316 g/mol. The number of fused-ring (bicyclic) bond motifs is 1. The molecule has 2 aliphatic rings. The minimum atomic E-state index is 0.310. The Labute approximate surface area is 150 Å². The van der Waals surface area contributed by atoms with Crippen LogP contribution in [-0.4, -0.2) is 51.2 Å². The Morgan fingerprint density at radius 3 is 2.16 bits per heavy atom. The van der Waals surface area contributed by atoms with E-state index in [1.807, 2.05) is 4.90 Å². The maximum Gasteiger partial charge on any atom is 0.222 e. The normalized spacial score (nSPS) is 18.4. The summed E-state index contributed by atoms with van der Waals surface area (Å²) in [7, 11) is 3.33. The second-order valence-corrected chi connectivity index (χ2v) is 7.09. The van der Waals surface area contributed by atoms with Gasteiger partial charge in [0, 0.05) is 19.5 Å². The van der Waals surface area contributed by atoms with Crippen molar-refractivity contribution >= 4 is 5.91 Å². The number of hydrogen-bond acceptors (Lipinski definition) is 4. The molecule has 5 nitrogen and oxygen atoms in total. The van der Waals surface area contributed by atoms with E-state index in [0.29, 0.717) is 18.2 Å². The molecule has 0 radical (unpaired) electrons. The fraction of sp³-hybridized carbons (Fsp3) is 0.650. The number of benzene rings is 1. The van der Waals surface area contributed by atoms with E-state index in [0.717, 1.165) is 56.9 Å². The van der Waals surface area contributed by atoms with Crippen molar-refractivity contribution in [2.24, 2.45) is 5.92 Å². The van der Waals surface area contributed by atoms with Crippen LogP contribution >= 0.6 is 0 Å². The Balaban J connectivity index is 1.58. The Morgan fingerprint density at radius 1 is 1.08 bits per heavy atom. The molecule has 0 atom stereocenters. The predicted molar refractivity (Wildman–Crippen MR) is 98.4 cm³/mol. The molecule has 0 aliphatic carbocycles. The second-order valence-electron chi connectivity index (χ2n) is 7.09. The number of amides is 1. The van der Waals surface area contributed by atoms with Crippen molar-refractivity contribution in [2.45, 2.75) is 38.5 Å². The van der Waals surface area contributed by atoms with Crippen LogP contribution in [-0.2, 0) is 17.6 Å². The van der Waals surface area contributed by atoms with Gasteiger partial charge in [0.2, 0.25) is 5.91 Å². The van der Waals surface area contributed by atoms with Crippen LogP contribution in [0, 0.1) is 5.92 Å². The lowest BCUT2D eigenvalue weighted by Crippen LogP contribution is -2.34. The highest BCUT2D eigenvalue weighted by atomic mass is 16.5. The van der Waals surface area contributed by atoms with Crippen LogP contribution in [0.25, 0.3) is 0 Å². The molecule has 5 heteroatoms. The van der Waals surface area contributed by atoms with Crippen LogP contribution in [0.3, 0.4) is 0 Å². The van der Waals surface area contributed by atoms with Crippen molar-refractivity contribution in [3.8, 4) is 11.5 Å². The number of carbonyl (C=O) groups excluding carboxylic acids is 1. The van der Waals surface area contributed by atoms with E-state index in [4.69, 9.17) is 9.47 Å². The Bertz CT molecular complexity index is 562. The summed E-state index contributed by atoms with van der Waals surface area (Å²) < 4.78 is 10.8. The molecule has 1 aromatic carbocycles. The molecule has 25 heavy (non-hydrogen) atoms. The quantitative estimate of drug-likeness (QED) is 0.890. The topological polar surface area (TPSA) is 50.8 Å². The maximum absolute atomic E-state index is 12.7. The third-order valence-electron chi connectivity index (χ3n) is 5.59. The number of hydrogen-bond donors (Lipinski definition) is 1. The molecule has 138 valence electrons. The van der Waals surface area contributed by atoms with Crippen LogP contribution in [0.15, 0.2) is 12.1 Å². The zero-order valence-corrected chi connectivity index (χ0v) is 15.5. The molecule has 2 heterocycles. The second kappa shape index (κ2) is 8.56. The summed E-state index contributed by atoms with van der Waals surface area (Å²) in [4.78, 5) is 14.7. The summed E-state index contributed by atoms with van der Waals surface area (Å²) in [6.45, 7) is 3.80. The number of nitrogens with zero attached hydrogens (tertiary/aromatic N) is 1. The number of ether oxygens (including phenoxy) is 2. The van der Waals surface area contributed by atoms with Crippen LogP contribution in [0.5, 0.6) is 11.5 Å². The van der Waals surface area contributed by atoms with E-state index in [-0.39, 0.29) is 0 Å². The Kier molecular flexibility index (Phi) is 6.19. The van der Waals surface area contributed by atoms with Gasteiger partial charge in [-0.15, -0.1) is 0 Å². The van der Waals surface area contributed by atoms with Gasteiger partial charge in [-0.25, -0.2) is 0 Å². The monoisotopic (exact) mass is 346 g/mol. The number of nitrogens with one attached hydrogen (secondary N) is 1. The molecule has 1 N–H and O–H groups in total. The van der Waals surface area contributed by atoms with Gasteiger partial charge < -0.3 is 19.7 Å². The first-order valence-corrected chi connectivity index (χ1v) is 9.43. The number of rotatable bonds is 5. The van der Waals surface area contributed by atoms with E-state index < -0.39 is 0 Å². The number of carbonyl (C=O) groups is 1. The summed E-state index contributed by atoms with van der Waals surface area (Å²) in [5, 5.41) is 3.39. The van der Waals surface area contributed by atoms with Gasteiger partial charge in [-0.3, -0.25) is 4.79 Å². The van der Waals surface area contributed by atoms with Gasteiger partial charge in [-0.1, -0.05) is 0 Å². The smallest absolute Gasteiger partial charge is 0.222 e. The molecular formula is C20H30N2O3. The van der Waals surface area contributed by atoms with Gasteiger partial charge in [0.15, 0.2) is 11.5 Å². The van der Waals surface area contributed by atoms with Crippen LogP contribution in [0.2, 0.25) is 0 Å². The molecule has 0 saturated carbocycles. The molecule has 1 aromatic rings. The van der Waals surface area contributed by atoms with Crippen LogP contribution < -0.4 is 14.8 Å². The lowest BCUT2D eigenvalue weighted by atomic mass is 9.93. The van der Waals surface area contributed by atoms with Crippen molar-refractivity contribution in [2.75, 3.05) is 40.4 Å². The largest absolute Gasteiger partial charge is 0.493 e. The highest BCUT2D eigenvalue weighted by molar-refractivity contribution is 5.76. The molecule has 1 fully saturated rings. The first kappa shape index (κ1) is 18.1. The van der Waals surface area contributed by atoms with Gasteiger partial charge >= 0.3 is 0 Å². The maximum atomic E-state index is 12.7. The molecule has 0 unspecified atom stereocenters. The zero-order valence-electron chi connectivity index (χ0n) is 15.5. The molecule has 0 spiro atoms. The van der Waals surface area contributed by atoms with Crippen molar-refractivity contribution in [3.63, 3.8) is 0 Å². The molecule has 1 amide bonds. The first-order valence-electron chi connectivity index (χ1n) is 9.43. The third kappa shape index (κ3) is 4.46. The van der Waals surface area contributed by atoms with Gasteiger partial charge in [0.05, 0.1) is 14.2 Å². The molecule has 0 aromatic heterocycles. The van der Waals surface area contributed by atoms with Crippen molar-refractivity contribution in [1.82, 2.24) is 10.2 Å². The summed E-state index contributed by atoms with van der Waals surface area (Å²) in [6, 6.07) is 4.13. The molecule has 0 bridgehead atoms. The highest BCUT2D eigenvalue weighted by Gasteiger charge is 2.22. The highest BCUT2D eigenvalue weighted by Crippen LogP contribution is 2.32. The van der Waals surface area contributed by atoms with Crippen molar-refractivity contribution < 1.29 is 14.3 Å². The summed E-state index contributed by atoms with van der Waals surface area (Å²) in [5.41, 5.74) is 2.54. The SMILES string of the molecule is COc1cc2c(cc1OC)CCN(C(=O)CCC1CCNCC1)CC2. The lowest BCUT2D eigenvalue weighted by molar-refractivity contribution is -0.131. The minimum Gasteiger partial charge on any atom is -0.493 e. The molecule has 1 saturated heterocycles. The van der Waals surface area contributed by atoms with Crippen molar-refractivity contribution in [3.05, 3.63) is 23.3 Å². The van der Waals surface area contributed by atoms with E-state index in [2.05, 4.69) is 17.4 Å². The standard InChI is InChI=1S/C20H30N2O3/c1-24-18-13-16-7-11-22(12-8-17(16)14-19(18)25-2)20(23)4-3-15-5-9-21-10-6-15/h13-15,21H,3-12H2,1-2H3. The summed E-state index contributed by atoms with van der Waals surface area (Å²) in [6.07, 6.45) is 5.90. The van der Waals surface area contributed by atoms with E-state index >= 15 is 0 Å². The summed E-state index contributed by atoms with van der Waals surface area (Å²) >= 11 is 0. The van der Waals surface area contributed by atoms with Crippen LogP contribution in [0.4, 0.5) is 0 Å². The van der Waals surface area contributed by atoms with E-state index in [1.54, 1.807) is 14.2 Å². The molecule has 2 aliphatic heterocycles.